The van der Waals surface area contributed by atoms with Crippen molar-refractivity contribution in [2.75, 3.05) is 7.11 Å². The molecule has 0 radical (unpaired) electrons. The molecular formula is C11H13FO2. The molecule has 1 atom stereocenters. The van der Waals surface area contributed by atoms with Crippen LogP contribution < -0.4 is 0 Å². The van der Waals surface area contributed by atoms with Gasteiger partial charge in [0, 0.05) is 12.7 Å². The summed E-state index contributed by atoms with van der Waals surface area (Å²) in [5, 5.41) is 0. The average molecular weight is 196 g/mol. The second-order valence-corrected chi connectivity index (χ2v) is 3.21. The van der Waals surface area contributed by atoms with Gasteiger partial charge in [-0.3, -0.25) is 4.79 Å². The predicted molar refractivity (Wildman–Crippen MR) is 51.9 cm³/mol. The van der Waals surface area contributed by atoms with Crippen molar-refractivity contribution in [3.8, 4) is 0 Å². The molecule has 1 rings (SSSR count). The maximum absolute atomic E-state index is 12.9. The highest BCUT2D eigenvalue weighted by atomic mass is 19.1. The summed E-state index contributed by atoms with van der Waals surface area (Å²) >= 11 is 0. The molecule has 0 spiro atoms. The number of hydrogen-bond donors (Lipinski definition) is 0. The number of carbonyl (C=O) groups excluding carboxylic acids is 1. The van der Waals surface area contributed by atoms with E-state index in [9.17, 15) is 9.18 Å². The highest BCUT2D eigenvalue weighted by Crippen LogP contribution is 2.11. The molecule has 1 aromatic carbocycles. The van der Waals surface area contributed by atoms with Gasteiger partial charge in [0.15, 0.2) is 5.78 Å². The molecule has 1 aromatic rings. The van der Waals surface area contributed by atoms with E-state index in [1.54, 1.807) is 13.8 Å². The van der Waals surface area contributed by atoms with E-state index in [0.717, 1.165) is 0 Å². The van der Waals surface area contributed by atoms with Gasteiger partial charge in [0.25, 0.3) is 0 Å². The Kier molecular flexibility index (Phi) is 3.36. The SMILES string of the molecule is COC(C)C(=O)c1ccc(F)c(C)c1. The first kappa shape index (κ1) is 10.9. The topological polar surface area (TPSA) is 26.3 Å². The minimum atomic E-state index is -0.486. The fourth-order valence-corrected chi connectivity index (χ4v) is 1.14. The van der Waals surface area contributed by atoms with Crippen LogP contribution in [-0.2, 0) is 4.74 Å². The van der Waals surface area contributed by atoms with Crippen LogP contribution in [0.1, 0.15) is 22.8 Å². The maximum atomic E-state index is 12.9. The van der Waals surface area contributed by atoms with Gasteiger partial charge in [0.1, 0.15) is 11.9 Å². The van der Waals surface area contributed by atoms with Gasteiger partial charge in [0.2, 0.25) is 0 Å². The summed E-state index contributed by atoms with van der Waals surface area (Å²) in [4.78, 5) is 11.6. The fraction of sp³-hybridized carbons (Fsp3) is 0.364. The number of ketones is 1. The van der Waals surface area contributed by atoms with E-state index in [2.05, 4.69) is 0 Å². The first-order valence-electron chi connectivity index (χ1n) is 4.39. The second kappa shape index (κ2) is 4.33. The zero-order valence-electron chi connectivity index (χ0n) is 8.50. The standard InChI is InChI=1S/C11H13FO2/c1-7-6-9(4-5-10(7)12)11(13)8(2)14-3/h4-6,8H,1-3H3. The Hall–Kier alpha value is -1.22. The third kappa shape index (κ3) is 2.17. The van der Waals surface area contributed by atoms with E-state index in [4.69, 9.17) is 4.74 Å². The third-order valence-corrected chi connectivity index (χ3v) is 2.17. The number of Topliss-reactive ketones (excluding diaryl/α,β-unsaturated/α-hetero) is 1. The molecule has 2 nitrogen and oxygen atoms in total. The Morgan fingerprint density at radius 2 is 2.14 bits per heavy atom. The molecule has 14 heavy (non-hydrogen) atoms. The molecule has 0 saturated heterocycles. The first-order chi connectivity index (χ1) is 6.56. The highest BCUT2D eigenvalue weighted by Gasteiger charge is 2.14. The molecule has 0 saturated carbocycles. The molecule has 0 N–H and O–H groups in total. The smallest absolute Gasteiger partial charge is 0.191 e. The lowest BCUT2D eigenvalue weighted by Crippen LogP contribution is -2.19. The predicted octanol–water partition coefficient (Wildman–Crippen LogP) is 2.35. The van der Waals surface area contributed by atoms with Crippen molar-refractivity contribution >= 4 is 5.78 Å². The van der Waals surface area contributed by atoms with Crippen LogP contribution in [0.15, 0.2) is 18.2 Å². The minimum absolute atomic E-state index is 0.129. The van der Waals surface area contributed by atoms with Crippen LogP contribution in [0.4, 0.5) is 4.39 Å². The van der Waals surface area contributed by atoms with Crippen molar-refractivity contribution < 1.29 is 13.9 Å². The monoisotopic (exact) mass is 196 g/mol. The van der Waals surface area contributed by atoms with Gasteiger partial charge < -0.3 is 4.74 Å². The van der Waals surface area contributed by atoms with E-state index in [0.29, 0.717) is 11.1 Å². The Labute approximate surface area is 82.7 Å². The van der Waals surface area contributed by atoms with E-state index in [1.165, 1.54) is 25.3 Å². The molecular weight excluding hydrogens is 183 g/mol. The van der Waals surface area contributed by atoms with Gasteiger partial charge in [0.05, 0.1) is 0 Å². The van der Waals surface area contributed by atoms with Crippen LogP contribution in [0.25, 0.3) is 0 Å². The van der Waals surface area contributed by atoms with Crippen LogP contribution in [0.5, 0.6) is 0 Å². The highest BCUT2D eigenvalue weighted by molar-refractivity contribution is 5.99. The largest absolute Gasteiger partial charge is 0.374 e. The van der Waals surface area contributed by atoms with Gasteiger partial charge in [-0.1, -0.05) is 0 Å². The number of halogens is 1. The minimum Gasteiger partial charge on any atom is -0.374 e. The van der Waals surface area contributed by atoms with Crippen molar-refractivity contribution in [3.63, 3.8) is 0 Å². The van der Waals surface area contributed by atoms with Crippen LogP contribution in [-0.4, -0.2) is 19.0 Å². The summed E-state index contributed by atoms with van der Waals surface area (Å²) in [5.74, 6) is -0.429. The van der Waals surface area contributed by atoms with E-state index < -0.39 is 6.10 Å². The van der Waals surface area contributed by atoms with Crippen LogP contribution in [0.2, 0.25) is 0 Å². The van der Waals surface area contributed by atoms with Gasteiger partial charge >= 0.3 is 0 Å². The van der Waals surface area contributed by atoms with E-state index in [-0.39, 0.29) is 11.6 Å². The Morgan fingerprint density at radius 1 is 1.50 bits per heavy atom. The molecule has 3 heteroatoms. The first-order valence-corrected chi connectivity index (χ1v) is 4.39. The Balaban J connectivity index is 2.97. The summed E-state index contributed by atoms with van der Waals surface area (Å²) in [6.07, 6.45) is -0.486. The molecule has 0 aliphatic heterocycles. The molecule has 0 aromatic heterocycles. The zero-order chi connectivity index (χ0) is 10.7. The molecule has 1 unspecified atom stereocenters. The molecule has 0 aliphatic carbocycles. The zero-order valence-corrected chi connectivity index (χ0v) is 8.50. The average Bonchev–Trinajstić information content (AvgIpc) is 2.20. The van der Waals surface area contributed by atoms with Gasteiger partial charge in [-0.25, -0.2) is 4.39 Å². The van der Waals surface area contributed by atoms with Crippen molar-refractivity contribution in [2.45, 2.75) is 20.0 Å². The maximum Gasteiger partial charge on any atom is 0.191 e. The quantitative estimate of drug-likeness (QED) is 0.693. The van der Waals surface area contributed by atoms with Gasteiger partial charge in [-0.2, -0.15) is 0 Å². The molecule has 0 bridgehead atoms. The number of ether oxygens (including phenoxy) is 1. The third-order valence-electron chi connectivity index (χ3n) is 2.17. The number of benzene rings is 1. The van der Waals surface area contributed by atoms with Crippen LogP contribution in [0.3, 0.4) is 0 Å². The van der Waals surface area contributed by atoms with Gasteiger partial charge in [-0.05, 0) is 37.6 Å². The van der Waals surface area contributed by atoms with Crippen LogP contribution >= 0.6 is 0 Å². The fourth-order valence-electron chi connectivity index (χ4n) is 1.14. The summed E-state index contributed by atoms with van der Waals surface area (Å²) in [6.45, 7) is 3.30. The molecule has 0 heterocycles. The molecule has 0 amide bonds. The number of methoxy groups -OCH3 is 1. The lowest BCUT2D eigenvalue weighted by molar-refractivity contribution is 0.0655. The summed E-state index contributed by atoms with van der Waals surface area (Å²) in [7, 11) is 1.47. The molecule has 0 aliphatic rings. The van der Waals surface area contributed by atoms with Crippen molar-refractivity contribution in [1.82, 2.24) is 0 Å². The number of rotatable bonds is 3. The molecule has 76 valence electrons. The van der Waals surface area contributed by atoms with E-state index in [1.807, 2.05) is 0 Å². The van der Waals surface area contributed by atoms with E-state index >= 15 is 0 Å². The number of carbonyl (C=O) groups is 1. The van der Waals surface area contributed by atoms with Crippen molar-refractivity contribution in [2.24, 2.45) is 0 Å². The second-order valence-electron chi connectivity index (χ2n) is 3.21. The lowest BCUT2D eigenvalue weighted by atomic mass is 10.0. The van der Waals surface area contributed by atoms with Crippen molar-refractivity contribution in [1.29, 1.82) is 0 Å². The summed E-state index contributed by atoms with van der Waals surface area (Å²) < 4.78 is 17.8. The Bertz CT molecular complexity index is 347. The number of hydrogen-bond acceptors (Lipinski definition) is 2. The summed E-state index contributed by atoms with van der Waals surface area (Å²) in [5.41, 5.74) is 0.956. The Morgan fingerprint density at radius 3 is 2.64 bits per heavy atom. The normalized spacial score (nSPS) is 12.6. The number of aryl methyl sites for hydroxylation is 1. The molecule has 0 fully saturated rings. The van der Waals surface area contributed by atoms with Gasteiger partial charge in [-0.15, -0.1) is 0 Å². The summed E-state index contributed by atoms with van der Waals surface area (Å²) in [6, 6.07) is 4.30. The van der Waals surface area contributed by atoms with Crippen molar-refractivity contribution in [3.05, 3.63) is 35.1 Å². The lowest BCUT2D eigenvalue weighted by Gasteiger charge is -2.08. The van der Waals surface area contributed by atoms with Crippen LogP contribution in [0, 0.1) is 12.7 Å².